The van der Waals surface area contributed by atoms with Crippen LogP contribution in [0.3, 0.4) is 0 Å². The maximum Gasteiger partial charge on any atom is 0.306 e. The molecular formula is C59H104O6. The van der Waals surface area contributed by atoms with E-state index in [0.717, 1.165) is 103 Å². The molecule has 6 heteroatoms. The molecule has 0 saturated heterocycles. The molecule has 376 valence electrons. The highest BCUT2D eigenvalue weighted by atomic mass is 16.6. The van der Waals surface area contributed by atoms with Crippen molar-refractivity contribution in [1.82, 2.24) is 0 Å². The molecule has 0 rings (SSSR count). The predicted molar refractivity (Wildman–Crippen MR) is 279 cm³/mol. The molecule has 0 bridgehead atoms. The van der Waals surface area contributed by atoms with E-state index in [1.54, 1.807) is 0 Å². The molecular weight excluding hydrogens is 805 g/mol. The van der Waals surface area contributed by atoms with E-state index < -0.39 is 6.10 Å². The second-order valence-electron chi connectivity index (χ2n) is 18.5. The van der Waals surface area contributed by atoms with Gasteiger partial charge in [0, 0.05) is 19.3 Å². The van der Waals surface area contributed by atoms with E-state index in [0.29, 0.717) is 19.3 Å². The summed E-state index contributed by atoms with van der Waals surface area (Å²) in [4.78, 5) is 38.0. The Morgan fingerprint density at radius 2 is 0.554 bits per heavy atom. The first-order valence-electron chi connectivity index (χ1n) is 27.8. The van der Waals surface area contributed by atoms with Gasteiger partial charge in [-0.1, -0.05) is 223 Å². The average Bonchev–Trinajstić information content (AvgIpc) is 3.30. The number of rotatable bonds is 50. The van der Waals surface area contributed by atoms with E-state index >= 15 is 0 Å². The standard InChI is InChI=1S/C59H104O6/c1-4-7-10-13-16-19-22-25-27-29-30-32-34-37-40-43-46-49-52-58(61)64-55-56(54-63-57(60)51-48-45-42-39-36-33-24-21-18-15-12-9-6-3)65-59(62)53-50-47-44-41-38-35-31-28-26-23-20-17-14-11-8-5-2/h27-33,35-36,38,56H,4-26,34,37,39-55H2,1-3H3/b29-27-,31-28-,32-30-,36-33-,38-35-. The third-order valence-corrected chi connectivity index (χ3v) is 12.0. The smallest absolute Gasteiger partial charge is 0.306 e. The Labute approximate surface area is 402 Å². The Bertz CT molecular complexity index is 1180. The summed E-state index contributed by atoms with van der Waals surface area (Å²) in [6.45, 7) is 6.59. The van der Waals surface area contributed by atoms with Crippen molar-refractivity contribution in [2.45, 2.75) is 284 Å². The lowest BCUT2D eigenvalue weighted by molar-refractivity contribution is -0.167. The molecule has 1 unspecified atom stereocenters. The van der Waals surface area contributed by atoms with Gasteiger partial charge in [-0.25, -0.2) is 0 Å². The molecule has 0 aromatic rings. The van der Waals surface area contributed by atoms with Crippen LogP contribution in [0, 0.1) is 0 Å². The number of hydrogen-bond acceptors (Lipinski definition) is 6. The molecule has 0 aromatic heterocycles. The molecule has 0 aliphatic carbocycles. The molecule has 0 spiro atoms. The molecule has 0 aliphatic rings. The van der Waals surface area contributed by atoms with Crippen LogP contribution in [0.2, 0.25) is 0 Å². The summed E-state index contributed by atoms with van der Waals surface area (Å²) in [5.74, 6) is -0.947. The molecule has 0 N–H and O–H groups in total. The molecule has 0 heterocycles. The van der Waals surface area contributed by atoms with Crippen molar-refractivity contribution >= 4 is 17.9 Å². The maximum absolute atomic E-state index is 12.8. The normalized spacial score (nSPS) is 12.5. The fourth-order valence-electron chi connectivity index (χ4n) is 7.77. The lowest BCUT2D eigenvalue weighted by atomic mass is 10.1. The van der Waals surface area contributed by atoms with Crippen LogP contribution in [0.15, 0.2) is 60.8 Å². The van der Waals surface area contributed by atoms with Crippen LogP contribution in [-0.4, -0.2) is 37.2 Å². The lowest BCUT2D eigenvalue weighted by Gasteiger charge is -2.18. The number of hydrogen-bond donors (Lipinski definition) is 0. The minimum Gasteiger partial charge on any atom is -0.462 e. The second kappa shape index (κ2) is 53.7. The zero-order valence-corrected chi connectivity index (χ0v) is 43.0. The number of allylic oxidation sites excluding steroid dienone is 10. The van der Waals surface area contributed by atoms with Gasteiger partial charge < -0.3 is 14.2 Å². The Kier molecular flexibility index (Phi) is 51.3. The summed E-state index contributed by atoms with van der Waals surface area (Å²) in [7, 11) is 0. The van der Waals surface area contributed by atoms with Crippen molar-refractivity contribution in [2.24, 2.45) is 0 Å². The molecule has 65 heavy (non-hydrogen) atoms. The highest BCUT2D eigenvalue weighted by molar-refractivity contribution is 5.71. The second-order valence-corrected chi connectivity index (χ2v) is 18.5. The first-order chi connectivity index (χ1) is 32.0. The van der Waals surface area contributed by atoms with Gasteiger partial charge >= 0.3 is 17.9 Å². The number of esters is 3. The van der Waals surface area contributed by atoms with Crippen LogP contribution in [0.1, 0.15) is 278 Å². The van der Waals surface area contributed by atoms with Crippen LogP contribution in [0.4, 0.5) is 0 Å². The van der Waals surface area contributed by atoms with Crippen LogP contribution in [-0.2, 0) is 28.6 Å². The SMILES string of the molecule is CCCCCCCC/C=C\CCCCCC(=O)OCC(COC(=O)CCCCCCC/C=C\C=C/CCCCCCCCC)OC(=O)CCCCC/C=C\C=C/CCCCCCCCC. The largest absolute Gasteiger partial charge is 0.462 e. The molecule has 1 atom stereocenters. The molecule has 6 nitrogen and oxygen atoms in total. The Morgan fingerprint density at radius 3 is 0.877 bits per heavy atom. The van der Waals surface area contributed by atoms with Crippen molar-refractivity contribution in [3.63, 3.8) is 0 Å². The quantitative estimate of drug-likeness (QED) is 0.0199. The topological polar surface area (TPSA) is 78.9 Å². The Morgan fingerprint density at radius 1 is 0.308 bits per heavy atom. The van der Waals surface area contributed by atoms with Gasteiger partial charge in [0.25, 0.3) is 0 Å². The minimum absolute atomic E-state index is 0.0972. The molecule has 0 fully saturated rings. The van der Waals surface area contributed by atoms with E-state index in [4.69, 9.17) is 14.2 Å². The van der Waals surface area contributed by atoms with Gasteiger partial charge in [-0.3, -0.25) is 14.4 Å². The zero-order valence-electron chi connectivity index (χ0n) is 43.0. The predicted octanol–water partition coefficient (Wildman–Crippen LogP) is 18.4. The van der Waals surface area contributed by atoms with E-state index in [1.807, 2.05) is 0 Å². The van der Waals surface area contributed by atoms with Gasteiger partial charge in [0.05, 0.1) is 0 Å². The molecule has 0 saturated carbocycles. The van der Waals surface area contributed by atoms with Crippen LogP contribution in [0.25, 0.3) is 0 Å². The number of ether oxygens (including phenoxy) is 3. The first kappa shape index (κ1) is 62.1. The zero-order chi connectivity index (χ0) is 47.2. The van der Waals surface area contributed by atoms with Gasteiger partial charge in [0.15, 0.2) is 6.10 Å². The lowest BCUT2D eigenvalue weighted by Crippen LogP contribution is -2.30. The van der Waals surface area contributed by atoms with Crippen LogP contribution < -0.4 is 0 Å². The Hall–Kier alpha value is -2.89. The third kappa shape index (κ3) is 51.9. The summed E-state index contributed by atoms with van der Waals surface area (Å²) >= 11 is 0. The Balaban J connectivity index is 4.45. The molecule has 0 aliphatic heterocycles. The summed E-state index contributed by atoms with van der Waals surface area (Å²) in [6, 6.07) is 0. The van der Waals surface area contributed by atoms with Crippen LogP contribution >= 0.6 is 0 Å². The number of unbranched alkanes of at least 4 members (excludes halogenated alkanes) is 31. The van der Waals surface area contributed by atoms with Crippen molar-refractivity contribution in [1.29, 1.82) is 0 Å². The highest BCUT2D eigenvalue weighted by Crippen LogP contribution is 2.14. The third-order valence-electron chi connectivity index (χ3n) is 12.0. The summed E-state index contributed by atoms with van der Waals surface area (Å²) in [5, 5.41) is 0. The molecule has 0 aromatic carbocycles. The summed E-state index contributed by atoms with van der Waals surface area (Å²) in [6.07, 6.45) is 66.4. The molecule has 0 amide bonds. The number of carbonyl (C=O) groups is 3. The van der Waals surface area contributed by atoms with Gasteiger partial charge in [0.1, 0.15) is 13.2 Å². The van der Waals surface area contributed by atoms with Gasteiger partial charge in [-0.05, 0) is 96.3 Å². The van der Waals surface area contributed by atoms with Gasteiger partial charge in [0.2, 0.25) is 0 Å². The van der Waals surface area contributed by atoms with Gasteiger partial charge in [-0.2, -0.15) is 0 Å². The van der Waals surface area contributed by atoms with E-state index in [-0.39, 0.29) is 31.1 Å². The average molecular weight is 909 g/mol. The fourth-order valence-corrected chi connectivity index (χ4v) is 7.77. The van der Waals surface area contributed by atoms with Crippen molar-refractivity contribution in [3.05, 3.63) is 60.8 Å². The van der Waals surface area contributed by atoms with Crippen LogP contribution in [0.5, 0.6) is 0 Å². The van der Waals surface area contributed by atoms with E-state index in [9.17, 15) is 14.4 Å². The van der Waals surface area contributed by atoms with E-state index in [2.05, 4.69) is 81.5 Å². The van der Waals surface area contributed by atoms with Crippen molar-refractivity contribution in [3.8, 4) is 0 Å². The van der Waals surface area contributed by atoms with E-state index in [1.165, 1.54) is 135 Å². The maximum atomic E-state index is 12.8. The monoisotopic (exact) mass is 909 g/mol. The minimum atomic E-state index is -0.800. The molecule has 0 radical (unpaired) electrons. The van der Waals surface area contributed by atoms with Crippen molar-refractivity contribution < 1.29 is 28.6 Å². The number of carbonyl (C=O) groups excluding carboxylic acids is 3. The summed E-state index contributed by atoms with van der Waals surface area (Å²) < 4.78 is 16.8. The van der Waals surface area contributed by atoms with Crippen molar-refractivity contribution in [2.75, 3.05) is 13.2 Å². The first-order valence-corrected chi connectivity index (χ1v) is 27.8. The fraction of sp³-hybridized carbons (Fsp3) is 0.780. The van der Waals surface area contributed by atoms with Gasteiger partial charge in [-0.15, -0.1) is 0 Å². The summed E-state index contributed by atoms with van der Waals surface area (Å²) in [5.41, 5.74) is 0. The highest BCUT2D eigenvalue weighted by Gasteiger charge is 2.19.